The minimum Gasteiger partial charge on any atom is -0.358 e. The Hall–Kier alpha value is -1.33. The van der Waals surface area contributed by atoms with Gasteiger partial charge >= 0.3 is 0 Å². The third kappa shape index (κ3) is 2.74. The molecule has 2 aliphatic rings. The molecule has 0 aromatic carbocycles. The number of hydrogen-bond acceptors (Lipinski definition) is 3. The number of piperidine rings is 1. The summed E-state index contributed by atoms with van der Waals surface area (Å²) >= 11 is 0. The van der Waals surface area contributed by atoms with E-state index in [-0.39, 0.29) is 23.9 Å². The molecule has 1 N–H and O–H groups in total. The SMILES string of the molecule is CNC(=O)CN1CC2CC(C1)c1cccc(=O)n1C2.Cl. The first-order valence-electron chi connectivity index (χ1n) is 6.80. The monoisotopic (exact) mass is 297 g/mol. The fourth-order valence-corrected chi connectivity index (χ4v) is 3.41. The molecule has 0 saturated carbocycles. The lowest BCUT2D eigenvalue weighted by Gasteiger charge is -2.42. The van der Waals surface area contributed by atoms with Gasteiger partial charge in [0, 0.05) is 44.4 Å². The van der Waals surface area contributed by atoms with Gasteiger partial charge < -0.3 is 9.88 Å². The number of pyridine rings is 1. The summed E-state index contributed by atoms with van der Waals surface area (Å²) in [7, 11) is 1.67. The molecule has 1 aromatic rings. The molecular formula is C14H20ClN3O2. The van der Waals surface area contributed by atoms with Gasteiger partial charge in [-0.2, -0.15) is 0 Å². The molecule has 2 unspecified atom stereocenters. The number of carbonyl (C=O) groups is 1. The Bertz CT molecular complexity index is 558. The van der Waals surface area contributed by atoms with Crippen molar-refractivity contribution in [2.45, 2.75) is 18.9 Å². The molecule has 0 aliphatic carbocycles. The van der Waals surface area contributed by atoms with Gasteiger partial charge in [0.2, 0.25) is 5.91 Å². The number of fused-ring (bicyclic) bond motifs is 4. The van der Waals surface area contributed by atoms with Crippen LogP contribution in [0.25, 0.3) is 0 Å². The van der Waals surface area contributed by atoms with Crippen molar-refractivity contribution in [2.75, 3.05) is 26.7 Å². The first-order valence-corrected chi connectivity index (χ1v) is 6.80. The molecule has 0 spiro atoms. The zero-order valence-corrected chi connectivity index (χ0v) is 12.4. The van der Waals surface area contributed by atoms with Crippen LogP contribution in [0.5, 0.6) is 0 Å². The molecule has 2 atom stereocenters. The van der Waals surface area contributed by atoms with Gasteiger partial charge in [-0.1, -0.05) is 6.07 Å². The number of likely N-dealkylation sites (tertiary alicyclic amines) is 1. The van der Waals surface area contributed by atoms with Gasteiger partial charge in [-0.3, -0.25) is 14.5 Å². The smallest absolute Gasteiger partial charge is 0.250 e. The third-order valence-electron chi connectivity index (χ3n) is 4.20. The Morgan fingerprint density at radius 1 is 1.35 bits per heavy atom. The first kappa shape index (κ1) is 15.1. The lowest BCUT2D eigenvalue weighted by Crippen LogP contribution is -2.49. The van der Waals surface area contributed by atoms with E-state index >= 15 is 0 Å². The number of amides is 1. The Kier molecular flexibility index (Phi) is 4.50. The van der Waals surface area contributed by atoms with E-state index in [1.54, 1.807) is 13.1 Å². The quantitative estimate of drug-likeness (QED) is 0.862. The maximum Gasteiger partial charge on any atom is 0.250 e. The Morgan fingerprint density at radius 2 is 2.15 bits per heavy atom. The van der Waals surface area contributed by atoms with E-state index in [2.05, 4.69) is 10.2 Å². The van der Waals surface area contributed by atoms with Gasteiger partial charge in [0.05, 0.1) is 6.54 Å². The summed E-state index contributed by atoms with van der Waals surface area (Å²) in [5.41, 5.74) is 1.23. The van der Waals surface area contributed by atoms with Crippen molar-refractivity contribution in [1.82, 2.24) is 14.8 Å². The number of aromatic nitrogens is 1. The minimum atomic E-state index is 0. The second-order valence-electron chi connectivity index (χ2n) is 5.57. The molecule has 110 valence electrons. The van der Waals surface area contributed by atoms with E-state index in [0.29, 0.717) is 18.4 Å². The maximum atomic E-state index is 11.9. The number of likely N-dealkylation sites (N-methyl/N-ethyl adjacent to an activating group) is 1. The number of halogens is 1. The molecule has 2 aliphatic heterocycles. The van der Waals surface area contributed by atoms with E-state index < -0.39 is 0 Å². The van der Waals surface area contributed by atoms with Crippen LogP contribution in [-0.2, 0) is 11.3 Å². The van der Waals surface area contributed by atoms with E-state index in [1.165, 1.54) is 0 Å². The van der Waals surface area contributed by atoms with Crippen LogP contribution in [0.3, 0.4) is 0 Å². The van der Waals surface area contributed by atoms with Gasteiger partial charge in [0.25, 0.3) is 5.56 Å². The second kappa shape index (κ2) is 5.97. The van der Waals surface area contributed by atoms with Crippen molar-refractivity contribution in [1.29, 1.82) is 0 Å². The first-order chi connectivity index (χ1) is 9.17. The minimum absolute atomic E-state index is 0. The average Bonchev–Trinajstić information content (AvgIpc) is 2.40. The summed E-state index contributed by atoms with van der Waals surface area (Å²) in [6.07, 6.45) is 1.13. The highest BCUT2D eigenvalue weighted by Gasteiger charge is 2.34. The van der Waals surface area contributed by atoms with Crippen LogP contribution in [0.4, 0.5) is 0 Å². The van der Waals surface area contributed by atoms with Crippen molar-refractivity contribution >= 4 is 18.3 Å². The highest BCUT2D eigenvalue weighted by atomic mass is 35.5. The molecule has 3 rings (SSSR count). The van der Waals surface area contributed by atoms with Crippen LogP contribution in [0.2, 0.25) is 0 Å². The molecule has 1 saturated heterocycles. The van der Waals surface area contributed by atoms with Crippen LogP contribution in [0.15, 0.2) is 23.0 Å². The lowest BCUT2D eigenvalue weighted by atomic mass is 9.83. The van der Waals surface area contributed by atoms with Gasteiger partial charge in [0.15, 0.2) is 0 Å². The van der Waals surface area contributed by atoms with E-state index in [4.69, 9.17) is 0 Å². The fourth-order valence-electron chi connectivity index (χ4n) is 3.41. The fraction of sp³-hybridized carbons (Fsp3) is 0.571. The number of carbonyl (C=O) groups excluding carboxylic acids is 1. The van der Waals surface area contributed by atoms with Crippen LogP contribution >= 0.6 is 12.4 Å². The molecule has 20 heavy (non-hydrogen) atoms. The van der Waals surface area contributed by atoms with E-state index in [0.717, 1.165) is 31.7 Å². The summed E-state index contributed by atoms with van der Waals surface area (Å²) < 4.78 is 1.91. The van der Waals surface area contributed by atoms with Crippen LogP contribution < -0.4 is 10.9 Å². The Labute approximate surface area is 124 Å². The summed E-state index contributed by atoms with van der Waals surface area (Å²) in [5.74, 6) is 0.924. The van der Waals surface area contributed by atoms with Gasteiger partial charge in [-0.25, -0.2) is 0 Å². The number of rotatable bonds is 2. The van der Waals surface area contributed by atoms with Gasteiger partial charge in [-0.15, -0.1) is 12.4 Å². The van der Waals surface area contributed by atoms with Crippen LogP contribution in [0.1, 0.15) is 18.0 Å². The molecule has 0 radical (unpaired) electrons. The zero-order valence-electron chi connectivity index (χ0n) is 11.5. The molecule has 1 amide bonds. The van der Waals surface area contributed by atoms with Crippen molar-refractivity contribution < 1.29 is 4.79 Å². The second-order valence-corrected chi connectivity index (χ2v) is 5.57. The largest absolute Gasteiger partial charge is 0.358 e. The van der Waals surface area contributed by atoms with Crippen molar-refractivity contribution in [2.24, 2.45) is 5.92 Å². The molecule has 3 heterocycles. The standard InChI is InChI=1S/C14H19N3O2.ClH/c1-15-13(18)9-16-6-10-5-11(8-16)12-3-2-4-14(19)17(12)7-10;/h2-4,10-11H,5-9H2,1H3,(H,15,18);1H. The van der Waals surface area contributed by atoms with E-state index in [1.807, 2.05) is 16.7 Å². The predicted molar refractivity (Wildman–Crippen MR) is 79.3 cm³/mol. The van der Waals surface area contributed by atoms with Crippen molar-refractivity contribution in [3.63, 3.8) is 0 Å². The summed E-state index contributed by atoms with van der Waals surface area (Å²) in [6, 6.07) is 5.52. The summed E-state index contributed by atoms with van der Waals surface area (Å²) in [6.45, 7) is 3.02. The molecule has 1 fully saturated rings. The molecule has 6 heteroatoms. The topological polar surface area (TPSA) is 54.3 Å². The number of nitrogens with one attached hydrogen (secondary N) is 1. The van der Waals surface area contributed by atoms with Gasteiger partial charge in [0.1, 0.15) is 0 Å². The molecule has 5 nitrogen and oxygen atoms in total. The Balaban J connectivity index is 0.00000147. The lowest BCUT2D eigenvalue weighted by molar-refractivity contribution is -0.122. The third-order valence-corrected chi connectivity index (χ3v) is 4.20. The molecule has 1 aromatic heterocycles. The highest BCUT2D eigenvalue weighted by molar-refractivity contribution is 5.85. The zero-order chi connectivity index (χ0) is 13.4. The maximum absolute atomic E-state index is 11.9. The highest BCUT2D eigenvalue weighted by Crippen LogP contribution is 2.34. The van der Waals surface area contributed by atoms with Crippen LogP contribution in [0, 0.1) is 5.92 Å². The summed E-state index contributed by atoms with van der Waals surface area (Å²) in [4.78, 5) is 25.6. The average molecular weight is 298 g/mol. The van der Waals surface area contributed by atoms with Crippen molar-refractivity contribution in [3.8, 4) is 0 Å². The Morgan fingerprint density at radius 3 is 2.90 bits per heavy atom. The normalized spacial score (nSPS) is 24.4. The molecule has 2 bridgehead atoms. The number of nitrogens with zero attached hydrogens (tertiary/aromatic N) is 2. The summed E-state index contributed by atoms with van der Waals surface area (Å²) in [5, 5.41) is 2.67. The van der Waals surface area contributed by atoms with Crippen LogP contribution in [-0.4, -0.2) is 42.1 Å². The van der Waals surface area contributed by atoms with Crippen molar-refractivity contribution in [3.05, 3.63) is 34.2 Å². The predicted octanol–water partition coefficient (Wildman–Crippen LogP) is 0.435. The number of hydrogen-bond donors (Lipinski definition) is 1. The molecular weight excluding hydrogens is 278 g/mol. The van der Waals surface area contributed by atoms with E-state index in [9.17, 15) is 9.59 Å². The van der Waals surface area contributed by atoms with Gasteiger partial charge in [-0.05, 0) is 18.4 Å².